The molecule has 1 fully saturated rings. The second-order valence-electron chi connectivity index (χ2n) is 8.35. The maximum Gasteiger partial charge on any atom is 0.243 e. The van der Waals surface area contributed by atoms with Crippen molar-refractivity contribution in [2.75, 3.05) is 5.75 Å². The highest BCUT2D eigenvalue weighted by Crippen LogP contribution is 2.21. The largest absolute Gasteiger partial charge is 0.352 e. The third-order valence-electron chi connectivity index (χ3n) is 5.93. The normalized spacial score (nSPS) is 14.8. The number of carbonyl (C=O) groups excluding carboxylic acids is 2. The average molecular weight is 473 g/mol. The zero-order chi connectivity index (χ0) is 22.8. The molecule has 172 valence electrons. The highest BCUT2D eigenvalue weighted by Gasteiger charge is 2.30. The van der Waals surface area contributed by atoms with Crippen LogP contribution in [0.1, 0.15) is 56.6 Å². The van der Waals surface area contributed by atoms with Gasteiger partial charge in [0.2, 0.25) is 11.8 Å². The molecule has 0 saturated heterocycles. The van der Waals surface area contributed by atoms with E-state index in [2.05, 4.69) is 17.4 Å². The average Bonchev–Trinajstić information content (AvgIpc) is 3.31. The lowest BCUT2D eigenvalue weighted by atomic mass is 10.1. The van der Waals surface area contributed by atoms with Gasteiger partial charge in [-0.2, -0.15) is 11.8 Å². The molecule has 1 aliphatic rings. The molecule has 1 unspecified atom stereocenters. The molecule has 0 radical (unpaired) electrons. The molecule has 2 amide bonds. The van der Waals surface area contributed by atoms with E-state index in [0.29, 0.717) is 24.4 Å². The van der Waals surface area contributed by atoms with Crippen molar-refractivity contribution in [1.82, 2.24) is 10.2 Å². The van der Waals surface area contributed by atoms with Crippen molar-refractivity contribution in [2.45, 2.75) is 69.8 Å². The van der Waals surface area contributed by atoms with Gasteiger partial charge in [-0.05, 0) is 42.5 Å². The summed E-state index contributed by atoms with van der Waals surface area (Å²) in [5.74, 6) is 1.60. The van der Waals surface area contributed by atoms with Gasteiger partial charge in [0.15, 0.2) is 0 Å². The van der Waals surface area contributed by atoms with Gasteiger partial charge in [0, 0.05) is 35.5 Å². The molecule has 2 aromatic rings. The Morgan fingerprint density at radius 2 is 1.75 bits per heavy atom. The Labute approximate surface area is 201 Å². The van der Waals surface area contributed by atoms with E-state index in [1.165, 1.54) is 5.56 Å². The fraction of sp³-hybridized carbons (Fsp3) is 0.462. The van der Waals surface area contributed by atoms with Crippen molar-refractivity contribution >= 4 is 35.2 Å². The molecule has 1 atom stereocenters. The number of thioether (sulfide) groups is 1. The Hall–Kier alpha value is -1.98. The first-order chi connectivity index (χ1) is 15.6. The molecular formula is C26H33ClN2O2S. The van der Waals surface area contributed by atoms with Crippen LogP contribution in [0.3, 0.4) is 0 Å². The Morgan fingerprint density at radius 1 is 1.06 bits per heavy atom. The Bertz CT molecular complexity index is 854. The fourth-order valence-electron chi connectivity index (χ4n) is 4.14. The summed E-state index contributed by atoms with van der Waals surface area (Å²) in [6.45, 7) is 2.39. The zero-order valence-electron chi connectivity index (χ0n) is 18.8. The molecule has 1 N–H and O–H groups in total. The summed E-state index contributed by atoms with van der Waals surface area (Å²) < 4.78 is 0. The first kappa shape index (κ1) is 24.7. The maximum atomic E-state index is 13.3. The molecule has 32 heavy (non-hydrogen) atoms. The molecule has 0 heterocycles. The topological polar surface area (TPSA) is 49.4 Å². The molecule has 0 spiro atoms. The number of benzene rings is 2. The minimum absolute atomic E-state index is 0.0222. The van der Waals surface area contributed by atoms with E-state index in [9.17, 15) is 9.59 Å². The number of hydrogen-bond acceptors (Lipinski definition) is 3. The SMILES string of the molecule is CCC(C(=O)NC1CCCC1)N(Cc1ccc(Cl)cc1)C(=O)CCSCc1ccccc1. The lowest BCUT2D eigenvalue weighted by Gasteiger charge is -2.31. The molecule has 3 rings (SSSR count). The number of halogens is 1. The second kappa shape index (κ2) is 12.9. The number of rotatable bonds is 11. The third-order valence-corrected chi connectivity index (χ3v) is 7.21. The molecular weight excluding hydrogens is 440 g/mol. The summed E-state index contributed by atoms with van der Waals surface area (Å²) in [6.07, 6.45) is 5.39. The minimum Gasteiger partial charge on any atom is -0.352 e. The summed E-state index contributed by atoms with van der Waals surface area (Å²) >= 11 is 7.78. The van der Waals surface area contributed by atoms with Crippen LogP contribution in [0.4, 0.5) is 0 Å². The molecule has 0 aromatic heterocycles. The van der Waals surface area contributed by atoms with E-state index < -0.39 is 6.04 Å². The smallest absolute Gasteiger partial charge is 0.243 e. The summed E-state index contributed by atoms with van der Waals surface area (Å²) in [5, 5.41) is 3.85. The van der Waals surface area contributed by atoms with Gasteiger partial charge < -0.3 is 10.2 Å². The van der Waals surface area contributed by atoms with Crippen molar-refractivity contribution in [2.24, 2.45) is 0 Å². The molecule has 1 aliphatic carbocycles. The van der Waals surface area contributed by atoms with E-state index in [4.69, 9.17) is 11.6 Å². The van der Waals surface area contributed by atoms with Crippen molar-refractivity contribution in [3.63, 3.8) is 0 Å². The predicted molar refractivity (Wildman–Crippen MR) is 134 cm³/mol. The summed E-state index contributed by atoms with van der Waals surface area (Å²) in [6, 6.07) is 17.6. The number of carbonyl (C=O) groups is 2. The Balaban J connectivity index is 1.64. The maximum absolute atomic E-state index is 13.3. The van der Waals surface area contributed by atoms with Crippen LogP contribution in [0, 0.1) is 0 Å². The molecule has 0 bridgehead atoms. The van der Waals surface area contributed by atoms with Crippen LogP contribution in [0.2, 0.25) is 5.02 Å². The predicted octanol–water partition coefficient (Wildman–Crippen LogP) is 5.83. The molecule has 4 nitrogen and oxygen atoms in total. The van der Waals surface area contributed by atoms with Crippen LogP contribution < -0.4 is 5.32 Å². The summed E-state index contributed by atoms with van der Waals surface area (Å²) in [5.41, 5.74) is 2.23. The van der Waals surface area contributed by atoms with E-state index in [-0.39, 0.29) is 17.9 Å². The highest BCUT2D eigenvalue weighted by molar-refractivity contribution is 7.98. The lowest BCUT2D eigenvalue weighted by molar-refractivity contribution is -0.141. The van der Waals surface area contributed by atoms with Crippen molar-refractivity contribution in [3.05, 3.63) is 70.7 Å². The van der Waals surface area contributed by atoms with Gasteiger partial charge in [-0.15, -0.1) is 0 Å². The summed E-state index contributed by atoms with van der Waals surface area (Å²) in [7, 11) is 0. The van der Waals surface area contributed by atoms with Crippen LogP contribution in [-0.4, -0.2) is 34.6 Å². The standard InChI is InChI=1S/C26H33ClN2O2S/c1-2-24(26(31)28-23-10-6-7-11-23)29(18-20-12-14-22(27)15-13-20)25(30)16-17-32-19-21-8-4-3-5-9-21/h3-5,8-9,12-15,23-24H,2,6-7,10-11,16-19H2,1H3,(H,28,31). The summed E-state index contributed by atoms with van der Waals surface area (Å²) in [4.78, 5) is 28.1. The zero-order valence-corrected chi connectivity index (χ0v) is 20.3. The molecule has 2 aromatic carbocycles. The van der Waals surface area contributed by atoms with Gasteiger partial charge in [-0.1, -0.05) is 73.8 Å². The lowest BCUT2D eigenvalue weighted by Crippen LogP contribution is -2.51. The third kappa shape index (κ3) is 7.56. The first-order valence-corrected chi connectivity index (χ1v) is 13.1. The van der Waals surface area contributed by atoms with Crippen LogP contribution in [0.25, 0.3) is 0 Å². The Morgan fingerprint density at radius 3 is 2.41 bits per heavy atom. The fourth-order valence-corrected chi connectivity index (χ4v) is 5.16. The monoisotopic (exact) mass is 472 g/mol. The van der Waals surface area contributed by atoms with Gasteiger partial charge >= 0.3 is 0 Å². The van der Waals surface area contributed by atoms with Crippen molar-refractivity contribution in [1.29, 1.82) is 0 Å². The van der Waals surface area contributed by atoms with E-state index in [1.54, 1.807) is 16.7 Å². The van der Waals surface area contributed by atoms with Gasteiger partial charge in [-0.3, -0.25) is 9.59 Å². The quantitative estimate of drug-likeness (QED) is 0.418. The molecule has 0 aliphatic heterocycles. The van der Waals surface area contributed by atoms with Gasteiger partial charge in [0.1, 0.15) is 6.04 Å². The minimum atomic E-state index is -0.460. The van der Waals surface area contributed by atoms with E-state index in [1.807, 2.05) is 49.4 Å². The molecule has 6 heteroatoms. The second-order valence-corrected chi connectivity index (χ2v) is 9.89. The van der Waals surface area contributed by atoms with Gasteiger partial charge in [0.05, 0.1) is 0 Å². The van der Waals surface area contributed by atoms with Crippen LogP contribution in [0.15, 0.2) is 54.6 Å². The van der Waals surface area contributed by atoms with Crippen LogP contribution >= 0.6 is 23.4 Å². The molecule has 1 saturated carbocycles. The first-order valence-electron chi connectivity index (χ1n) is 11.5. The van der Waals surface area contributed by atoms with E-state index in [0.717, 1.165) is 42.8 Å². The van der Waals surface area contributed by atoms with Crippen LogP contribution in [0.5, 0.6) is 0 Å². The number of nitrogens with zero attached hydrogens (tertiary/aromatic N) is 1. The number of hydrogen-bond donors (Lipinski definition) is 1. The number of amides is 2. The van der Waals surface area contributed by atoms with E-state index >= 15 is 0 Å². The van der Waals surface area contributed by atoms with Crippen molar-refractivity contribution < 1.29 is 9.59 Å². The van der Waals surface area contributed by atoms with Crippen LogP contribution in [-0.2, 0) is 21.9 Å². The Kier molecular flexibility index (Phi) is 9.94. The van der Waals surface area contributed by atoms with Crippen molar-refractivity contribution in [3.8, 4) is 0 Å². The highest BCUT2D eigenvalue weighted by atomic mass is 35.5. The number of nitrogens with one attached hydrogen (secondary N) is 1. The van der Waals surface area contributed by atoms with Gasteiger partial charge in [0.25, 0.3) is 0 Å². The van der Waals surface area contributed by atoms with Gasteiger partial charge in [-0.25, -0.2) is 0 Å².